The van der Waals surface area contributed by atoms with Gasteiger partial charge in [-0.3, -0.25) is 4.79 Å². The highest BCUT2D eigenvalue weighted by atomic mass is 16.5. The number of allylic oxidation sites excluding steroid dienone is 10. The molecule has 0 radical (unpaired) electrons. The predicted molar refractivity (Wildman–Crippen MR) is 100 cm³/mol. The third-order valence-electron chi connectivity index (χ3n) is 3.21. The molecule has 0 rings (SSSR count). The van der Waals surface area contributed by atoms with Crippen molar-refractivity contribution in [2.24, 2.45) is 0 Å². The van der Waals surface area contributed by atoms with Crippen molar-refractivity contribution in [3.8, 4) is 0 Å². The van der Waals surface area contributed by atoms with Gasteiger partial charge in [0, 0.05) is 6.42 Å². The first-order valence-electron chi connectivity index (χ1n) is 8.68. The topological polar surface area (TPSA) is 26.3 Å². The lowest BCUT2D eigenvalue weighted by Crippen LogP contribution is -1.97. The molecule has 0 aromatic rings. The number of rotatable bonds is 13. The lowest BCUT2D eigenvalue weighted by atomic mass is 10.1. The van der Waals surface area contributed by atoms with Crippen LogP contribution in [0.3, 0.4) is 0 Å². The van der Waals surface area contributed by atoms with Gasteiger partial charge in [-0.2, -0.15) is 0 Å². The monoisotopic (exact) mass is 316 g/mol. The fraction of sp³-hybridized carbons (Fsp3) is 0.476. The Morgan fingerprint density at radius 2 is 1.30 bits per heavy atom. The van der Waals surface area contributed by atoms with Gasteiger partial charge in [-0.25, -0.2) is 0 Å². The van der Waals surface area contributed by atoms with E-state index in [9.17, 15) is 4.79 Å². The van der Waals surface area contributed by atoms with E-state index in [0.29, 0.717) is 6.42 Å². The van der Waals surface area contributed by atoms with E-state index in [1.54, 1.807) is 0 Å². The number of hydrogen-bond acceptors (Lipinski definition) is 2. The Labute approximate surface area is 142 Å². The van der Waals surface area contributed by atoms with Gasteiger partial charge in [0.05, 0.1) is 7.11 Å². The van der Waals surface area contributed by atoms with E-state index >= 15 is 0 Å². The van der Waals surface area contributed by atoms with Crippen molar-refractivity contribution in [3.05, 3.63) is 60.8 Å². The second kappa shape index (κ2) is 18.2. The summed E-state index contributed by atoms with van der Waals surface area (Å²) < 4.78 is 4.57. The molecule has 0 aromatic carbocycles. The van der Waals surface area contributed by atoms with Crippen molar-refractivity contribution in [2.75, 3.05) is 7.11 Å². The van der Waals surface area contributed by atoms with Gasteiger partial charge in [-0.15, -0.1) is 0 Å². The summed E-state index contributed by atoms with van der Waals surface area (Å²) in [6.07, 6.45) is 29.3. The van der Waals surface area contributed by atoms with Crippen molar-refractivity contribution in [3.63, 3.8) is 0 Å². The Balaban J connectivity index is 3.50. The van der Waals surface area contributed by atoms with E-state index in [2.05, 4.69) is 36.0 Å². The molecule has 0 N–H and O–H groups in total. The predicted octanol–water partition coefficient (Wildman–Crippen LogP) is 6.08. The maximum atomic E-state index is 10.9. The zero-order chi connectivity index (χ0) is 17.0. The SMILES string of the molecule is CC/C=C/CCCCC/C=C/C=C/C=C/C=C/CCC(=O)OC. The van der Waals surface area contributed by atoms with Gasteiger partial charge in [0.2, 0.25) is 0 Å². The summed E-state index contributed by atoms with van der Waals surface area (Å²) in [5.41, 5.74) is 0. The van der Waals surface area contributed by atoms with Crippen LogP contribution in [0.1, 0.15) is 58.3 Å². The maximum Gasteiger partial charge on any atom is 0.305 e. The molecule has 0 bridgehead atoms. The molecule has 2 nitrogen and oxygen atoms in total. The average molecular weight is 316 g/mol. The fourth-order valence-corrected chi connectivity index (χ4v) is 1.90. The molecular weight excluding hydrogens is 284 g/mol. The molecule has 0 saturated heterocycles. The molecular formula is C21H32O2. The molecule has 0 aliphatic carbocycles. The molecule has 0 aliphatic heterocycles. The minimum absolute atomic E-state index is 0.166. The molecule has 0 aliphatic rings. The van der Waals surface area contributed by atoms with Crippen molar-refractivity contribution in [2.45, 2.75) is 58.3 Å². The van der Waals surface area contributed by atoms with Crippen molar-refractivity contribution in [1.82, 2.24) is 0 Å². The molecule has 0 atom stereocenters. The van der Waals surface area contributed by atoms with Gasteiger partial charge in [-0.1, -0.05) is 74.1 Å². The number of unbranched alkanes of at least 4 members (excludes halogenated alkanes) is 4. The highest BCUT2D eigenvalue weighted by Crippen LogP contribution is 2.04. The van der Waals surface area contributed by atoms with E-state index in [1.807, 2.05) is 36.5 Å². The van der Waals surface area contributed by atoms with Gasteiger partial charge < -0.3 is 4.74 Å². The lowest BCUT2D eigenvalue weighted by Gasteiger charge is -1.94. The average Bonchev–Trinajstić information content (AvgIpc) is 2.57. The minimum atomic E-state index is -0.166. The summed E-state index contributed by atoms with van der Waals surface area (Å²) in [7, 11) is 1.41. The third-order valence-corrected chi connectivity index (χ3v) is 3.21. The Morgan fingerprint density at radius 3 is 1.91 bits per heavy atom. The molecule has 0 unspecified atom stereocenters. The van der Waals surface area contributed by atoms with Crippen molar-refractivity contribution in [1.29, 1.82) is 0 Å². The molecule has 0 spiro atoms. The van der Waals surface area contributed by atoms with Gasteiger partial charge >= 0.3 is 5.97 Å². The Kier molecular flexibility index (Phi) is 16.8. The van der Waals surface area contributed by atoms with Crippen LogP contribution in [0.2, 0.25) is 0 Å². The molecule has 0 heterocycles. The summed E-state index contributed by atoms with van der Waals surface area (Å²) in [5.74, 6) is -0.166. The van der Waals surface area contributed by atoms with Gasteiger partial charge in [0.25, 0.3) is 0 Å². The number of carbonyl (C=O) groups excluding carboxylic acids is 1. The largest absolute Gasteiger partial charge is 0.469 e. The van der Waals surface area contributed by atoms with Crippen LogP contribution in [0.25, 0.3) is 0 Å². The second-order valence-corrected chi connectivity index (χ2v) is 5.26. The molecule has 2 heteroatoms. The number of ether oxygens (including phenoxy) is 1. The highest BCUT2D eigenvalue weighted by Gasteiger charge is 1.94. The molecule has 0 saturated carbocycles. The zero-order valence-electron chi connectivity index (χ0n) is 14.7. The molecule has 0 amide bonds. The number of methoxy groups -OCH3 is 1. The quantitative estimate of drug-likeness (QED) is 0.178. The Morgan fingerprint density at radius 1 is 0.739 bits per heavy atom. The van der Waals surface area contributed by atoms with E-state index in [0.717, 1.165) is 19.3 Å². The normalized spacial score (nSPS) is 12.6. The van der Waals surface area contributed by atoms with E-state index < -0.39 is 0 Å². The smallest absolute Gasteiger partial charge is 0.305 e. The summed E-state index contributed by atoms with van der Waals surface area (Å²) >= 11 is 0. The zero-order valence-corrected chi connectivity index (χ0v) is 14.7. The van der Waals surface area contributed by atoms with Crippen LogP contribution in [-0.2, 0) is 9.53 Å². The lowest BCUT2D eigenvalue weighted by molar-refractivity contribution is -0.140. The van der Waals surface area contributed by atoms with Crippen LogP contribution < -0.4 is 0 Å². The van der Waals surface area contributed by atoms with Gasteiger partial charge in [0.1, 0.15) is 0 Å². The van der Waals surface area contributed by atoms with E-state index in [4.69, 9.17) is 0 Å². The summed E-state index contributed by atoms with van der Waals surface area (Å²) in [4.78, 5) is 10.9. The Bertz CT molecular complexity index is 412. The van der Waals surface area contributed by atoms with E-state index in [1.165, 1.54) is 32.8 Å². The van der Waals surface area contributed by atoms with Crippen molar-refractivity contribution >= 4 is 5.97 Å². The summed E-state index contributed by atoms with van der Waals surface area (Å²) in [6, 6.07) is 0. The summed E-state index contributed by atoms with van der Waals surface area (Å²) in [5, 5.41) is 0. The first-order valence-corrected chi connectivity index (χ1v) is 8.68. The maximum absolute atomic E-state index is 10.9. The first-order chi connectivity index (χ1) is 11.3. The van der Waals surface area contributed by atoms with Gasteiger partial charge in [-0.05, 0) is 38.5 Å². The summed E-state index contributed by atoms with van der Waals surface area (Å²) in [6.45, 7) is 2.17. The van der Waals surface area contributed by atoms with Crippen LogP contribution in [0, 0.1) is 0 Å². The third kappa shape index (κ3) is 18.1. The van der Waals surface area contributed by atoms with E-state index in [-0.39, 0.29) is 5.97 Å². The van der Waals surface area contributed by atoms with Crippen molar-refractivity contribution < 1.29 is 9.53 Å². The van der Waals surface area contributed by atoms with Crippen LogP contribution in [-0.4, -0.2) is 13.1 Å². The van der Waals surface area contributed by atoms with Crippen LogP contribution >= 0.6 is 0 Å². The number of esters is 1. The molecule has 0 fully saturated rings. The van der Waals surface area contributed by atoms with Crippen LogP contribution in [0.5, 0.6) is 0 Å². The molecule has 128 valence electrons. The standard InChI is InChI=1S/C21H32O2/c1-3-4-5-6-7-8-9-10-11-12-13-14-15-16-17-18-19-20-21(22)23-2/h4-5,11-18H,3,6-10,19-20H2,1-2H3/b5-4+,12-11+,14-13+,16-15+,18-17+. The second-order valence-electron chi connectivity index (χ2n) is 5.26. The first kappa shape index (κ1) is 21.2. The molecule has 23 heavy (non-hydrogen) atoms. The van der Waals surface area contributed by atoms with Crippen LogP contribution in [0.4, 0.5) is 0 Å². The minimum Gasteiger partial charge on any atom is -0.469 e. The van der Waals surface area contributed by atoms with Gasteiger partial charge in [0.15, 0.2) is 0 Å². The Hall–Kier alpha value is -1.83. The number of carbonyl (C=O) groups is 1. The number of hydrogen-bond donors (Lipinski definition) is 0. The molecule has 0 aromatic heterocycles. The fourth-order valence-electron chi connectivity index (χ4n) is 1.90. The highest BCUT2D eigenvalue weighted by molar-refractivity contribution is 5.69. The van der Waals surface area contributed by atoms with Crippen LogP contribution in [0.15, 0.2) is 60.8 Å².